The second-order valence-corrected chi connectivity index (χ2v) is 5.23. The van der Waals surface area contributed by atoms with Gasteiger partial charge in [-0.1, -0.05) is 13.8 Å². The van der Waals surface area contributed by atoms with E-state index in [9.17, 15) is 4.79 Å². The lowest BCUT2D eigenvalue weighted by Crippen LogP contribution is -2.45. The third kappa shape index (κ3) is 2.73. The summed E-state index contributed by atoms with van der Waals surface area (Å²) >= 11 is 0. The van der Waals surface area contributed by atoms with Gasteiger partial charge in [-0.3, -0.25) is 5.43 Å². The summed E-state index contributed by atoms with van der Waals surface area (Å²) in [6, 6.07) is 3.54. The maximum absolute atomic E-state index is 11.2. The Balaban J connectivity index is 2.22. The second-order valence-electron chi connectivity index (χ2n) is 5.23. The maximum Gasteiger partial charge on any atom is 0.328 e. The third-order valence-electron chi connectivity index (χ3n) is 3.27. The fourth-order valence-corrected chi connectivity index (χ4v) is 2.22. The topological polar surface area (TPSA) is 85.6 Å². The summed E-state index contributed by atoms with van der Waals surface area (Å²) in [6.45, 7) is 6.84. The lowest BCUT2D eigenvalue weighted by Gasteiger charge is -2.27. The van der Waals surface area contributed by atoms with Gasteiger partial charge in [0.15, 0.2) is 11.5 Å². The first kappa shape index (κ1) is 13.5. The molecule has 0 bridgehead atoms. The number of ether oxygens (including phenoxy) is 2. The number of hydrogen-bond donors (Lipinski definition) is 3. The van der Waals surface area contributed by atoms with Crippen molar-refractivity contribution in [2.75, 3.05) is 13.3 Å². The van der Waals surface area contributed by atoms with Crippen LogP contribution in [0.25, 0.3) is 0 Å². The number of amides is 2. The molecule has 0 fully saturated rings. The van der Waals surface area contributed by atoms with Gasteiger partial charge in [0.25, 0.3) is 0 Å². The van der Waals surface area contributed by atoms with Crippen molar-refractivity contribution in [3.05, 3.63) is 23.3 Å². The van der Waals surface area contributed by atoms with Crippen molar-refractivity contribution >= 4 is 6.03 Å². The van der Waals surface area contributed by atoms with Crippen LogP contribution in [0, 0.1) is 6.92 Å². The number of hydrazine groups is 1. The van der Waals surface area contributed by atoms with Crippen LogP contribution in [0.2, 0.25) is 0 Å². The van der Waals surface area contributed by atoms with Gasteiger partial charge in [-0.25, -0.2) is 10.6 Å². The van der Waals surface area contributed by atoms with Crippen LogP contribution in [0.15, 0.2) is 12.1 Å². The van der Waals surface area contributed by atoms with Crippen LogP contribution in [-0.4, -0.2) is 19.4 Å². The molecule has 0 aromatic heterocycles. The number of fused-ring (bicyclic) bond motifs is 1. The number of hydrogen-bond acceptors (Lipinski definition) is 4. The Labute approximate surface area is 112 Å². The number of carbonyl (C=O) groups excluding carboxylic acids is 1. The third-order valence-corrected chi connectivity index (χ3v) is 3.27. The van der Waals surface area contributed by atoms with Crippen molar-refractivity contribution in [3.8, 4) is 11.5 Å². The van der Waals surface area contributed by atoms with Crippen molar-refractivity contribution in [2.45, 2.75) is 26.2 Å². The molecule has 2 amide bonds. The van der Waals surface area contributed by atoms with Crippen molar-refractivity contribution in [1.82, 2.24) is 10.7 Å². The van der Waals surface area contributed by atoms with Crippen molar-refractivity contribution in [2.24, 2.45) is 5.84 Å². The number of nitrogens with one attached hydrogen (secondary N) is 2. The van der Waals surface area contributed by atoms with Crippen LogP contribution >= 0.6 is 0 Å². The molecule has 0 radical (unpaired) electrons. The SMILES string of the molecule is Cc1cc2c(cc1C(C)(C)CNC(=O)NN)OCO2. The van der Waals surface area contributed by atoms with E-state index in [0.29, 0.717) is 6.54 Å². The molecule has 6 heteroatoms. The summed E-state index contributed by atoms with van der Waals surface area (Å²) in [7, 11) is 0. The summed E-state index contributed by atoms with van der Waals surface area (Å²) < 4.78 is 10.7. The van der Waals surface area contributed by atoms with Gasteiger partial charge in [0.2, 0.25) is 6.79 Å². The van der Waals surface area contributed by atoms with Crippen LogP contribution in [0.3, 0.4) is 0 Å². The molecule has 0 saturated carbocycles. The fourth-order valence-electron chi connectivity index (χ4n) is 2.22. The molecule has 0 spiro atoms. The smallest absolute Gasteiger partial charge is 0.328 e. The van der Waals surface area contributed by atoms with Crippen molar-refractivity contribution in [3.63, 3.8) is 0 Å². The average molecular weight is 265 g/mol. The molecular formula is C13H19N3O3. The zero-order valence-corrected chi connectivity index (χ0v) is 11.4. The average Bonchev–Trinajstić information content (AvgIpc) is 2.81. The van der Waals surface area contributed by atoms with Gasteiger partial charge in [-0.05, 0) is 30.2 Å². The number of rotatable bonds is 3. The predicted octanol–water partition coefficient (Wildman–Crippen LogP) is 1.17. The Morgan fingerprint density at radius 1 is 1.37 bits per heavy atom. The summed E-state index contributed by atoms with van der Waals surface area (Å²) in [5.74, 6) is 6.56. The molecular weight excluding hydrogens is 246 g/mol. The van der Waals surface area contributed by atoms with E-state index in [0.717, 1.165) is 22.6 Å². The van der Waals surface area contributed by atoms with E-state index in [2.05, 4.69) is 10.7 Å². The Hall–Kier alpha value is -1.95. The molecule has 0 saturated heterocycles. The molecule has 104 valence electrons. The van der Waals surface area contributed by atoms with E-state index >= 15 is 0 Å². The van der Waals surface area contributed by atoms with Gasteiger partial charge >= 0.3 is 6.03 Å². The van der Waals surface area contributed by atoms with E-state index in [1.54, 1.807) is 0 Å². The number of benzene rings is 1. The molecule has 19 heavy (non-hydrogen) atoms. The van der Waals surface area contributed by atoms with Gasteiger partial charge in [0, 0.05) is 12.0 Å². The molecule has 1 aromatic carbocycles. The minimum atomic E-state index is -0.397. The van der Waals surface area contributed by atoms with E-state index in [1.807, 2.05) is 32.9 Å². The van der Waals surface area contributed by atoms with Crippen LogP contribution in [0.5, 0.6) is 11.5 Å². The summed E-state index contributed by atoms with van der Waals surface area (Å²) in [4.78, 5) is 11.2. The molecule has 4 N–H and O–H groups in total. The number of carbonyl (C=O) groups is 1. The Kier molecular flexibility index (Phi) is 3.53. The molecule has 0 unspecified atom stereocenters. The summed E-state index contributed by atoms with van der Waals surface area (Å²) in [6.07, 6.45) is 0. The lowest BCUT2D eigenvalue weighted by molar-refractivity contribution is 0.174. The molecule has 2 rings (SSSR count). The minimum absolute atomic E-state index is 0.239. The van der Waals surface area contributed by atoms with E-state index in [1.165, 1.54) is 0 Å². The van der Waals surface area contributed by atoms with Gasteiger partial charge in [0.05, 0.1) is 0 Å². The molecule has 0 aliphatic carbocycles. The second kappa shape index (κ2) is 4.97. The quantitative estimate of drug-likeness (QED) is 0.435. The van der Waals surface area contributed by atoms with Crippen molar-refractivity contribution < 1.29 is 14.3 Å². The summed E-state index contributed by atoms with van der Waals surface area (Å²) in [5.41, 5.74) is 4.02. The van der Waals surface area contributed by atoms with Gasteiger partial charge in [0.1, 0.15) is 0 Å². The Morgan fingerprint density at radius 3 is 2.63 bits per heavy atom. The number of nitrogens with two attached hydrogens (primary N) is 1. The standard InChI is InChI=1S/C13H19N3O3/c1-8-4-10-11(19-7-18-10)5-9(8)13(2,3)6-15-12(17)16-14/h4-5H,6-7,14H2,1-3H3,(H2,15,16,17). The van der Waals surface area contributed by atoms with E-state index in [-0.39, 0.29) is 12.2 Å². The highest BCUT2D eigenvalue weighted by molar-refractivity contribution is 5.73. The largest absolute Gasteiger partial charge is 0.454 e. The Bertz CT molecular complexity index is 500. The first-order valence-electron chi connectivity index (χ1n) is 6.09. The van der Waals surface area contributed by atoms with Crippen LogP contribution < -0.4 is 26.1 Å². The zero-order valence-electron chi connectivity index (χ0n) is 11.4. The van der Waals surface area contributed by atoms with Gasteiger partial charge < -0.3 is 14.8 Å². The highest BCUT2D eigenvalue weighted by Gasteiger charge is 2.26. The zero-order chi connectivity index (χ0) is 14.0. The molecule has 1 aromatic rings. The first-order valence-corrected chi connectivity index (χ1v) is 6.09. The van der Waals surface area contributed by atoms with Crippen LogP contribution in [0.4, 0.5) is 4.79 Å². The van der Waals surface area contributed by atoms with Gasteiger partial charge in [-0.15, -0.1) is 0 Å². The first-order chi connectivity index (χ1) is 8.94. The molecule has 1 aliphatic heterocycles. The maximum atomic E-state index is 11.2. The fraction of sp³-hybridized carbons (Fsp3) is 0.462. The summed E-state index contributed by atoms with van der Waals surface area (Å²) in [5, 5.41) is 2.72. The number of aryl methyl sites for hydroxylation is 1. The van der Waals surface area contributed by atoms with E-state index in [4.69, 9.17) is 15.3 Å². The lowest BCUT2D eigenvalue weighted by atomic mass is 9.81. The van der Waals surface area contributed by atoms with Crippen LogP contribution in [-0.2, 0) is 5.41 Å². The molecule has 1 aliphatic rings. The van der Waals surface area contributed by atoms with Crippen LogP contribution in [0.1, 0.15) is 25.0 Å². The highest BCUT2D eigenvalue weighted by atomic mass is 16.7. The highest BCUT2D eigenvalue weighted by Crippen LogP contribution is 2.38. The number of urea groups is 1. The molecule has 0 atom stereocenters. The minimum Gasteiger partial charge on any atom is -0.454 e. The molecule has 6 nitrogen and oxygen atoms in total. The predicted molar refractivity (Wildman–Crippen MR) is 71.0 cm³/mol. The molecule has 1 heterocycles. The normalized spacial score (nSPS) is 13.3. The van der Waals surface area contributed by atoms with Crippen molar-refractivity contribution in [1.29, 1.82) is 0 Å². The van der Waals surface area contributed by atoms with Gasteiger partial charge in [-0.2, -0.15) is 0 Å². The van der Waals surface area contributed by atoms with E-state index < -0.39 is 6.03 Å². The Morgan fingerprint density at radius 2 is 2.00 bits per heavy atom. The monoisotopic (exact) mass is 265 g/mol.